The summed E-state index contributed by atoms with van der Waals surface area (Å²) in [6, 6.07) is 8.97. The first kappa shape index (κ1) is 11.3. The van der Waals surface area contributed by atoms with Crippen molar-refractivity contribution < 1.29 is 4.42 Å². The number of allylic oxidation sites excluding steroid dienone is 1. The van der Waals surface area contributed by atoms with E-state index in [1.807, 2.05) is 17.5 Å². The third-order valence-electron chi connectivity index (χ3n) is 1.89. The zero-order valence-electron chi connectivity index (χ0n) is 7.91. The van der Waals surface area contributed by atoms with E-state index in [2.05, 4.69) is 6.07 Å². The monoisotopic (exact) mass is 269 g/mol. The van der Waals surface area contributed by atoms with Gasteiger partial charge in [-0.3, -0.25) is 0 Å². The van der Waals surface area contributed by atoms with Crippen LogP contribution in [0.2, 0.25) is 5.22 Å². The highest BCUT2D eigenvalue weighted by Crippen LogP contribution is 2.33. The normalized spacial score (nSPS) is 12.1. The molecule has 2 nitrogen and oxygen atoms in total. The highest BCUT2D eigenvalue weighted by Gasteiger charge is 2.13. The van der Waals surface area contributed by atoms with E-state index in [4.69, 9.17) is 32.9 Å². The predicted molar refractivity (Wildman–Crippen MR) is 66.3 cm³/mol. The minimum absolute atomic E-state index is 0.247. The van der Waals surface area contributed by atoms with Crippen LogP contribution in [0.1, 0.15) is 10.6 Å². The summed E-state index contributed by atoms with van der Waals surface area (Å²) in [4.78, 5) is 0.806. The Morgan fingerprint density at radius 2 is 2.19 bits per heavy atom. The molecule has 0 saturated heterocycles. The Morgan fingerprint density at radius 3 is 2.69 bits per heavy atom. The summed E-state index contributed by atoms with van der Waals surface area (Å²) in [5, 5.41) is 11.5. The number of hydrogen-bond acceptors (Lipinski definition) is 3. The van der Waals surface area contributed by atoms with Gasteiger partial charge >= 0.3 is 0 Å². The number of rotatable bonds is 2. The molecular weight excluding hydrogens is 265 g/mol. The van der Waals surface area contributed by atoms with Crippen molar-refractivity contribution in [2.24, 2.45) is 0 Å². The molecule has 16 heavy (non-hydrogen) atoms. The van der Waals surface area contributed by atoms with Crippen LogP contribution in [0.15, 0.2) is 34.1 Å². The Hall–Kier alpha value is -1.21. The molecule has 0 aliphatic carbocycles. The molecule has 0 spiro atoms. The first-order valence-electron chi connectivity index (χ1n) is 4.32. The number of hydrogen-bond donors (Lipinski definition) is 0. The molecule has 2 heterocycles. The van der Waals surface area contributed by atoms with Gasteiger partial charge in [0.2, 0.25) is 0 Å². The molecule has 0 radical (unpaired) electrons. The van der Waals surface area contributed by atoms with Gasteiger partial charge in [-0.2, -0.15) is 5.26 Å². The van der Waals surface area contributed by atoms with Crippen LogP contribution in [0.4, 0.5) is 0 Å². The SMILES string of the molecule is N#C/C(=C(/Cl)c1ccc(Cl)o1)c1cccs1. The van der Waals surface area contributed by atoms with Gasteiger partial charge in [0.15, 0.2) is 5.22 Å². The van der Waals surface area contributed by atoms with Crippen LogP contribution in [-0.4, -0.2) is 0 Å². The maximum Gasteiger partial charge on any atom is 0.193 e. The zero-order chi connectivity index (χ0) is 11.5. The zero-order valence-corrected chi connectivity index (χ0v) is 10.2. The molecule has 0 aromatic carbocycles. The molecule has 0 aliphatic rings. The van der Waals surface area contributed by atoms with Crippen molar-refractivity contribution in [2.75, 3.05) is 0 Å². The van der Waals surface area contributed by atoms with Gasteiger partial charge in [-0.05, 0) is 35.2 Å². The topological polar surface area (TPSA) is 36.9 Å². The number of furan rings is 1. The number of nitrogens with zero attached hydrogens (tertiary/aromatic N) is 1. The molecule has 80 valence electrons. The lowest BCUT2D eigenvalue weighted by atomic mass is 10.2. The van der Waals surface area contributed by atoms with Crippen LogP contribution < -0.4 is 0 Å². The number of halogens is 2. The predicted octanol–water partition coefficient (Wildman–Crippen LogP) is 4.63. The van der Waals surface area contributed by atoms with Gasteiger partial charge < -0.3 is 4.42 Å². The molecular formula is C11H5Cl2NOS. The minimum Gasteiger partial charge on any atom is -0.444 e. The Balaban J connectivity index is 2.51. The van der Waals surface area contributed by atoms with Crippen LogP contribution in [0.5, 0.6) is 0 Å². The summed E-state index contributed by atoms with van der Waals surface area (Å²) in [6.45, 7) is 0. The van der Waals surface area contributed by atoms with Crippen molar-refractivity contribution >= 4 is 45.1 Å². The van der Waals surface area contributed by atoms with Crippen LogP contribution in [0.3, 0.4) is 0 Å². The molecule has 2 aromatic rings. The van der Waals surface area contributed by atoms with E-state index in [0.717, 1.165) is 4.88 Å². The summed E-state index contributed by atoms with van der Waals surface area (Å²) in [6.07, 6.45) is 0. The highest BCUT2D eigenvalue weighted by atomic mass is 35.5. The molecule has 0 atom stereocenters. The van der Waals surface area contributed by atoms with Gasteiger partial charge in [-0.15, -0.1) is 11.3 Å². The van der Waals surface area contributed by atoms with Crippen molar-refractivity contribution in [1.29, 1.82) is 5.26 Å². The van der Waals surface area contributed by atoms with E-state index in [0.29, 0.717) is 11.3 Å². The molecule has 5 heteroatoms. The maximum atomic E-state index is 9.08. The van der Waals surface area contributed by atoms with Crippen LogP contribution in [-0.2, 0) is 0 Å². The fourth-order valence-electron chi connectivity index (χ4n) is 1.19. The molecule has 2 aromatic heterocycles. The van der Waals surface area contributed by atoms with Crippen molar-refractivity contribution in [3.05, 3.63) is 45.5 Å². The smallest absolute Gasteiger partial charge is 0.193 e. The largest absolute Gasteiger partial charge is 0.444 e. The molecule has 0 unspecified atom stereocenters. The lowest BCUT2D eigenvalue weighted by molar-refractivity contribution is 0.558. The van der Waals surface area contributed by atoms with E-state index in [9.17, 15) is 0 Å². The van der Waals surface area contributed by atoms with Gasteiger partial charge in [-0.25, -0.2) is 0 Å². The summed E-state index contributed by atoms with van der Waals surface area (Å²) in [7, 11) is 0. The van der Waals surface area contributed by atoms with Crippen molar-refractivity contribution in [2.45, 2.75) is 0 Å². The second-order valence-corrected chi connectivity index (χ2v) is 4.58. The summed E-state index contributed by atoms with van der Waals surface area (Å²) in [5.41, 5.74) is 0.391. The van der Waals surface area contributed by atoms with Gasteiger partial charge in [0, 0.05) is 4.88 Å². The third kappa shape index (κ3) is 2.14. The summed E-state index contributed by atoms with van der Waals surface area (Å²) >= 11 is 13.2. The lowest BCUT2D eigenvalue weighted by Gasteiger charge is -1.97. The highest BCUT2D eigenvalue weighted by molar-refractivity contribution is 7.11. The second-order valence-electron chi connectivity index (χ2n) is 2.88. The van der Waals surface area contributed by atoms with Gasteiger partial charge in [0.25, 0.3) is 0 Å². The van der Waals surface area contributed by atoms with Crippen LogP contribution in [0, 0.1) is 11.3 Å². The third-order valence-corrected chi connectivity index (χ3v) is 3.35. The quantitative estimate of drug-likeness (QED) is 0.746. The number of nitriles is 1. The van der Waals surface area contributed by atoms with Crippen molar-refractivity contribution in [3.63, 3.8) is 0 Å². The molecule has 0 amide bonds. The van der Waals surface area contributed by atoms with E-state index in [-0.39, 0.29) is 10.3 Å². The fraction of sp³-hybridized carbons (Fsp3) is 0. The minimum atomic E-state index is 0.247. The molecule has 2 rings (SSSR count). The Labute approximate surface area is 106 Å². The van der Waals surface area contributed by atoms with Crippen LogP contribution >= 0.6 is 34.5 Å². The molecule has 0 aliphatic heterocycles. The Morgan fingerprint density at radius 1 is 1.38 bits per heavy atom. The van der Waals surface area contributed by atoms with E-state index < -0.39 is 0 Å². The summed E-state index contributed by atoms with van der Waals surface area (Å²) in [5.74, 6) is 0.400. The first-order valence-corrected chi connectivity index (χ1v) is 5.95. The van der Waals surface area contributed by atoms with Crippen molar-refractivity contribution in [1.82, 2.24) is 0 Å². The average Bonchev–Trinajstić information content (AvgIpc) is 2.90. The maximum absolute atomic E-state index is 9.08. The standard InChI is InChI=1S/C11H5Cl2NOS/c12-10-4-3-8(15-10)11(13)7(6-14)9-2-1-5-16-9/h1-5H/b11-7-. The van der Waals surface area contributed by atoms with E-state index >= 15 is 0 Å². The van der Waals surface area contributed by atoms with Gasteiger partial charge in [0.1, 0.15) is 16.9 Å². The summed E-state index contributed by atoms with van der Waals surface area (Å²) < 4.78 is 5.16. The Bertz CT molecular complexity index is 563. The number of thiophene rings is 1. The second kappa shape index (κ2) is 4.75. The fourth-order valence-corrected chi connectivity index (χ4v) is 2.36. The van der Waals surface area contributed by atoms with Gasteiger partial charge in [0.05, 0.1) is 5.57 Å². The van der Waals surface area contributed by atoms with Gasteiger partial charge in [-0.1, -0.05) is 17.7 Å². The molecule has 0 N–H and O–H groups in total. The van der Waals surface area contributed by atoms with E-state index in [1.54, 1.807) is 12.1 Å². The molecule has 0 fully saturated rings. The first-order chi connectivity index (χ1) is 7.72. The van der Waals surface area contributed by atoms with E-state index in [1.165, 1.54) is 11.3 Å². The average molecular weight is 270 g/mol. The van der Waals surface area contributed by atoms with Crippen LogP contribution in [0.25, 0.3) is 10.6 Å². The molecule has 0 saturated carbocycles. The molecule has 0 bridgehead atoms. The lowest BCUT2D eigenvalue weighted by Crippen LogP contribution is -1.80. The Kier molecular flexibility index (Phi) is 3.35. The van der Waals surface area contributed by atoms with Crippen molar-refractivity contribution in [3.8, 4) is 6.07 Å².